The minimum absolute atomic E-state index is 0.335. The van der Waals surface area contributed by atoms with E-state index in [4.69, 9.17) is 4.74 Å². The van der Waals surface area contributed by atoms with Gasteiger partial charge in [0.05, 0.1) is 6.10 Å². The largest absolute Gasteiger partial charge is 0.380 e. The fourth-order valence-corrected chi connectivity index (χ4v) is 1.82. The van der Waals surface area contributed by atoms with Crippen LogP contribution in [0.25, 0.3) is 0 Å². The molecule has 84 valence electrons. The van der Waals surface area contributed by atoms with Gasteiger partial charge in [-0.25, -0.2) is 0 Å². The van der Waals surface area contributed by atoms with E-state index in [2.05, 4.69) is 17.1 Å². The van der Waals surface area contributed by atoms with Crippen molar-refractivity contribution in [3.05, 3.63) is 0 Å². The van der Waals surface area contributed by atoms with E-state index in [1.54, 1.807) is 7.11 Å². The zero-order valence-electron chi connectivity index (χ0n) is 9.59. The van der Waals surface area contributed by atoms with Crippen LogP contribution in [0.3, 0.4) is 0 Å². The number of likely N-dealkylation sites (tertiary alicyclic amines) is 1. The summed E-state index contributed by atoms with van der Waals surface area (Å²) in [5, 5.41) is 3.41. The lowest BCUT2D eigenvalue weighted by molar-refractivity contribution is 0.117. The number of nitrogens with zero attached hydrogens (tertiary/aromatic N) is 1. The number of nitrogens with one attached hydrogen (secondary N) is 1. The molecule has 1 unspecified atom stereocenters. The predicted molar refractivity (Wildman–Crippen MR) is 59.6 cm³/mol. The van der Waals surface area contributed by atoms with Crippen LogP contribution in [0, 0.1) is 0 Å². The summed E-state index contributed by atoms with van der Waals surface area (Å²) in [5.74, 6) is 0. The van der Waals surface area contributed by atoms with Crippen LogP contribution in [-0.4, -0.2) is 50.8 Å². The lowest BCUT2D eigenvalue weighted by Gasteiger charge is -2.15. The third-order valence-corrected chi connectivity index (χ3v) is 2.86. The first-order valence-corrected chi connectivity index (χ1v) is 5.79. The highest BCUT2D eigenvalue weighted by Crippen LogP contribution is 2.06. The molecule has 1 aliphatic rings. The molecule has 0 aromatic heterocycles. The second-order valence-corrected chi connectivity index (χ2v) is 4.15. The van der Waals surface area contributed by atoms with Crippen molar-refractivity contribution in [2.45, 2.75) is 32.3 Å². The second-order valence-electron chi connectivity index (χ2n) is 4.15. The Morgan fingerprint density at radius 3 is 2.71 bits per heavy atom. The summed E-state index contributed by atoms with van der Waals surface area (Å²) in [4.78, 5) is 2.56. The molecule has 0 saturated carbocycles. The smallest absolute Gasteiger partial charge is 0.0667 e. The summed E-state index contributed by atoms with van der Waals surface area (Å²) in [5.41, 5.74) is 0. The zero-order valence-corrected chi connectivity index (χ0v) is 9.59. The molecule has 1 saturated heterocycles. The third kappa shape index (κ3) is 4.94. The molecule has 1 atom stereocenters. The van der Waals surface area contributed by atoms with Gasteiger partial charge in [0, 0.05) is 13.7 Å². The average Bonchev–Trinajstić information content (AvgIpc) is 2.69. The van der Waals surface area contributed by atoms with Crippen LogP contribution in [0.15, 0.2) is 0 Å². The van der Waals surface area contributed by atoms with Gasteiger partial charge in [-0.15, -0.1) is 0 Å². The number of ether oxygens (including phenoxy) is 1. The van der Waals surface area contributed by atoms with E-state index >= 15 is 0 Å². The quantitative estimate of drug-likeness (QED) is 0.623. The minimum atomic E-state index is 0.335. The highest BCUT2D eigenvalue weighted by Gasteiger charge is 2.09. The van der Waals surface area contributed by atoms with Gasteiger partial charge < -0.3 is 15.0 Å². The van der Waals surface area contributed by atoms with Crippen LogP contribution >= 0.6 is 0 Å². The first-order valence-electron chi connectivity index (χ1n) is 5.79. The van der Waals surface area contributed by atoms with Gasteiger partial charge in [-0.1, -0.05) is 0 Å². The number of rotatable bonds is 7. The van der Waals surface area contributed by atoms with Gasteiger partial charge in [-0.05, 0) is 52.4 Å². The van der Waals surface area contributed by atoms with Gasteiger partial charge in [-0.3, -0.25) is 0 Å². The van der Waals surface area contributed by atoms with Crippen LogP contribution in [-0.2, 0) is 4.74 Å². The van der Waals surface area contributed by atoms with E-state index in [9.17, 15) is 0 Å². The van der Waals surface area contributed by atoms with E-state index in [1.165, 1.54) is 38.9 Å². The topological polar surface area (TPSA) is 24.5 Å². The molecule has 0 aromatic carbocycles. The first-order chi connectivity index (χ1) is 6.83. The SMILES string of the molecule is COC(C)CNCCCN1CCCC1. The number of hydrogen-bond donors (Lipinski definition) is 1. The molecule has 1 heterocycles. The highest BCUT2D eigenvalue weighted by molar-refractivity contribution is 4.66. The Morgan fingerprint density at radius 1 is 1.36 bits per heavy atom. The summed E-state index contributed by atoms with van der Waals surface area (Å²) in [6.07, 6.45) is 4.39. The summed E-state index contributed by atoms with van der Waals surface area (Å²) < 4.78 is 5.16. The van der Waals surface area contributed by atoms with Gasteiger partial charge >= 0.3 is 0 Å². The number of methoxy groups -OCH3 is 1. The van der Waals surface area contributed by atoms with Crippen molar-refractivity contribution in [3.63, 3.8) is 0 Å². The Hall–Kier alpha value is -0.120. The molecule has 0 aromatic rings. The van der Waals surface area contributed by atoms with Gasteiger partial charge in [0.25, 0.3) is 0 Å². The molecular formula is C11H24N2O. The van der Waals surface area contributed by atoms with Crippen LogP contribution in [0.1, 0.15) is 26.2 Å². The Balaban J connectivity index is 1.84. The van der Waals surface area contributed by atoms with Crippen molar-refractivity contribution in [2.75, 3.05) is 39.8 Å². The Bertz CT molecular complexity index is 135. The van der Waals surface area contributed by atoms with Crippen LogP contribution in [0.4, 0.5) is 0 Å². The lowest BCUT2D eigenvalue weighted by Crippen LogP contribution is -2.29. The van der Waals surface area contributed by atoms with E-state index in [1.807, 2.05) is 0 Å². The minimum Gasteiger partial charge on any atom is -0.380 e. The molecule has 0 spiro atoms. The molecule has 0 bridgehead atoms. The Labute approximate surface area is 87.8 Å². The summed E-state index contributed by atoms with van der Waals surface area (Å²) in [7, 11) is 1.76. The molecule has 1 N–H and O–H groups in total. The van der Waals surface area contributed by atoms with Gasteiger partial charge in [0.15, 0.2) is 0 Å². The summed E-state index contributed by atoms with van der Waals surface area (Å²) in [6.45, 7) is 8.06. The molecule has 3 heteroatoms. The van der Waals surface area contributed by atoms with Crippen LogP contribution < -0.4 is 5.32 Å². The second kappa shape index (κ2) is 7.21. The van der Waals surface area contributed by atoms with E-state index in [0.717, 1.165) is 13.1 Å². The molecule has 0 amide bonds. The normalized spacial score (nSPS) is 20.1. The predicted octanol–water partition coefficient (Wildman–Crippen LogP) is 1.10. The summed E-state index contributed by atoms with van der Waals surface area (Å²) in [6, 6.07) is 0. The van der Waals surface area contributed by atoms with Crippen molar-refractivity contribution in [2.24, 2.45) is 0 Å². The van der Waals surface area contributed by atoms with E-state index in [-0.39, 0.29) is 0 Å². The highest BCUT2D eigenvalue weighted by atomic mass is 16.5. The number of hydrogen-bond acceptors (Lipinski definition) is 3. The van der Waals surface area contributed by atoms with Crippen LogP contribution in [0.5, 0.6) is 0 Å². The molecular weight excluding hydrogens is 176 g/mol. The molecule has 3 nitrogen and oxygen atoms in total. The fraction of sp³-hybridized carbons (Fsp3) is 1.00. The van der Waals surface area contributed by atoms with E-state index < -0.39 is 0 Å². The van der Waals surface area contributed by atoms with Crippen molar-refractivity contribution < 1.29 is 4.74 Å². The van der Waals surface area contributed by atoms with Gasteiger partial charge in [-0.2, -0.15) is 0 Å². The van der Waals surface area contributed by atoms with Gasteiger partial charge in [0.2, 0.25) is 0 Å². The molecule has 0 radical (unpaired) electrons. The molecule has 1 fully saturated rings. The maximum atomic E-state index is 5.16. The van der Waals surface area contributed by atoms with Crippen molar-refractivity contribution >= 4 is 0 Å². The first kappa shape index (κ1) is 12.0. The average molecular weight is 200 g/mol. The summed E-state index contributed by atoms with van der Waals surface area (Å²) >= 11 is 0. The standard InChI is InChI=1S/C11H24N2O/c1-11(14-2)10-12-6-5-9-13-7-3-4-8-13/h11-12H,3-10H2,1-2H3. The molecule has 0 aliphatic carbocycles. The van der Waals surface area contributed by atoms with Crippen LogP contribution in [0.2, 0.25) is 0 Å². The van der Waals surface area contributed by atoms with Crippen molar-refractivity contribution in [1.82, 2.24) is 10.2 Å². The Kier molecular flexibility index (Phi) is 6.15. The lowest BCUT2D eigenvalue weighted by atomic mass is 10.3. The van der Waals surface area contributed by atoms with Crippen molar-refractivity contribution in [3.8, 4) is 0 Å². The molecule has 14 heavy (non-hydrogen) atoms. The third-order valence-electron chi connectivity index (χ3n) is 2.86. The van der Waals surface area contributed by atoms with Crippen molar-refractivity contribution in [1.29, 1.82) is 0 Å². The monoisotopic (exact) mass is 200 g/mol. The van der Waals surface area contributed by atoms with Gasteiger partial charge in [0.1, 0.15) is 0 Å². The Morgan fingerprint density at radius 2 is 2.07 bits per heavy atom. The maximum Gasteiger partial charge on any atom is 0.0667 e. The zero-order chi connectivity index (χ0) is 10.2. The maximum absolute atomic E-state index is 5.16. The molecule has 1 rings (SSSR count). The van der Waals surface area contributed by atoms with E-state index in [0.29, 0.717) is 6.10 Å². The fourth-order valence-electron chi connectivity index (χ4n) is 1.82. The molecule has 1 aliphatic heterocycles.